The third-order valence-electron chi connectivity index (χ3n) is 4.00. The predicted molar refractivity (Wildman–Crippen MR) is 79.3 cm³/mol. The monoisotopic (exact) mass is 297 g/mol. The summed E-state index contributed by atoms with van der Waals surface area (Å²) in [5.41, 5.74) is 1.66. The van der Waals surface area contributed by atoms with E-state index in [4.69, 9.17) is 0 Å². The fraction of sp³-hybridized carbons (Fsp3) is 0.600. The molecule has 1 aromatic rings. The first-order chi connectivity index (χ1) is 9.23. The molecule has 2 rings (SSSR count). The third kappa shape index (κ3) is 3.22. The molecule has 0 atom stereocenters. The Morgan fingerprint density at radius 2 is 1.65 bits per heavy atom. The van der Waals surface area contributed by atoms with E-state index in [0.717, 1.165) is 29.5 Å². The largest absolute Gasteiger partial charge is 0.389 e. The Morgan fingerprint density at radius 3 is 2.15 bits per heavy atom. The second-order valence-electron chi connectivity index (χ2n) is 5.98. The lowest BCUT2D eigenvalue weighted by atomic mass is 10.0. The van der Waals surface area contributed by atoms with Gasteiger partial charge in [0, 0.05) is 6.54 Å². The lowest BCUT2D eigenvalue weighted by molar-refractivity contribution is 0.0531. The smallest absolute Gasteiger partial charge is 0.241 e. The topological polar surface area (TPSA) is 66.4 Å². The average Bonchev–Trinajstić information content (AvgIpc) is 2.73. The van der Waals surface area contributed by atoms with E-state index < -0.39 is 15.6 Å². The standard InChI is InChI=1S/C15H23NO3S/c1-11-8-12(2)14(13(3)9-11)20(18,19)16-10-15(17)6-4-5-7-15/h8-9,16-17H,4-7,10H2,1-3H3. The van der Waals surface area contributed by atoms with Gasteiger partial charge in [-0.15, -0.1) is 0 Å². The van der Waals surface area contributed by atoms with Crippen molar-refractivity contribution < 1.29 is 13.5 Å². The van der Waals surface area contributed by atoms with E-state index in [1.165, 1.54) is 0 Å². The van der Waals surface area contributed by atoms with Crippen LogP contribution >= 0.6 is 0 Å². The summed E-state index contributed by atoms with van der Waals surface area (Å²) >= 11 is 0. The summed E-state index contributed by atoms with van der Waals surface area (Å²) in [5.74, 6) is 0. The molecule has 5 heteroatoms. The lowest BCUT2D eigenvalue weighted by Gasteiger charge is -2.23. The zero-order chi connectivity index (χ0) is 15.0. The second-order valence-corrected chi connectivity index (χ2v) is 7.69. The second kappa shape index (κ2) is 5.47. The summed E-state index contributed by atoms with van der Waals surface area (Å²) in [6.45, 7) is 5.66. The maximum absolute atomic E-state index is 12.5. The molecule has 0 amide bonds. The number of benzene rings is 1. The van der Waals surface area contributed by atoms with E-state index >= 15 is 0 Å². The van der Waals surface area contributed by atoms with Crippen LogP contribution in [0.4, 0.5) is 0 Å². The Hall–Kier alpha value is -0.910. The Labute approximate surface area is 121 Å². The van der Waals surface area contributed by atoms with Crippen molar-refractivity contribution in [1.29, 1.82) is 0 Å². The third-order valence-corrected chi connectivity index (χ3v) is 5.70. The van der Waals surface area contributed by atoms with E-state index in [1.54, 1.807) is 13.8 Å². The van der Waals surface area contributed by atoms with E-state index in [2.05, 4.69) is 4.72 Å². The van der Waals surface area contributed by atoms with Crippen LogP contribution < -0.4 is 4.72 Å². The summed E-state index contributed by atoms with van der Waals surface area (Å²) in [5, 5.41) is 10.3. The molecule has 1 saturated carbocycles. The Bertz CT molecular complexity index is 579. The van der Waals surface area contributed by atoms with E-state index in [0.29, 0.717) is 17.7 Å². The van der Waals surface area contributed by atoms with Crippen LogP contribution in [0.1, 0.15) is 42.4 Å². The molecule has 0 unspecified atom stereocenters. The number of sulfonamides is 1. The van der Waals surface area contributed by atoms with Crippen molar-refractivity contribution in [3.8, 4) is 0 Å². The average molecular weight is 297 g/mol. The van der Waals surface area contributed by atoms with Gasteiger partial charge in [-0.05, 0) is 44.7 Å². The number of aliphatic hydroxyl groups is 1. The van der Waals surface area contributed by atoms with Crippen LogP contribution in [0.15, 0.2) is 17.0 Å². The minimum Gasteiger partial charge on any atom is -0.389 e. The maximum Gasteiger partial charge on any atom is 0.241 e. The summed E-state index contributed by atoms with van der Waals surface area (Å²) in [6, 6.07) is 3.73. The van der Waals surface area contributed by atoms with Crippen molar-refractivity contribution in [2.45, 2.75) is 57.0 Å². The van der Waals surface area contributed by atoms with Crippen molar-refractivity contribution in [2.24, 2.45) is 0 Å². The highest BCUT2D eigenvalue weighted by molar-refractivity contribution is 7.89. The molecular formula is C15H23NO3S. The normalized spacial score (nSPS) is 18.4. The molecular weight excluding hydrogens is 274 g/mol. The van der Waals surface area contributed by atoms with Crippen LogP contribution in [-0.2, 0) is 10.0 Å². The van der Waals surface area contributed by atoms with Crippen molar-refractivity contribution in [2.75, 3.05) is 6.54 Å². The van der Waals surface area contributed by atoms with Crippen molar-refractivity contribution in [3.05, 3.63) is 28.8 Å². The molecule has 4 nitrogen and oxygen atoms in total. The zero-order valence-electron chi connectivity index (χ0n) is 12.4. The number of nitrogens with one attached hydrogen (secondary N) is 1. The predicted octanol–water partition coefficient (Wildman–Crippen LogP) is 2.20. The molecule has 112 valence electrons. The van der Waals surface area contributed by atoms with Crippen LogP contribution in [0.5, 0.6) is 0 Å². The molecule has 0 radical (unpaired) electrons. The highest BCUT2D eigenvalue weighted by Crippen LogP contribution is 2.29. The van der Waals surface area contributed by atoms with Gasteiger partial charge < -0.3 is 5.11 Å². The fourth-order valence-electron chi connectivity index (χ4n) is 3.10. The number of hydrogen-bond donors (Lipinski definition) is 2. The molecule has 0 bridgehead atoms. The zero-order valence-corrected chi connectivity index (χ0v) is 13.2. The molecule has 0 aliphatic heterocycles. The first-order valence-corrected chi connectivity index (χ1v) is 8.52. The van der Waals surface area contributed by atoms with Gasteiger partial charge in [0.2, 0.25) is 10.0 Å². The molecule has 0 heterocycles. The molecule has 0 spiro atoms. The highest BCUT2D eigenvalue weighted by Gasteiger charge is 2.33. The van der Waals surface area contributed by atoms with Gasteiger partial charge in [-0.3, -0.25) is 0 Å². The number of rotatable bonds is 4. The van der Waals surface area contributed by atoms with Gasteiger partial charge in [0.25, 0.3) is 0 Å². The molecule has 2 N–H and O–H groups in total. The molecule has 0 saturated heterocycles. The SMILES string of the molecule is Cc1cc(C)c(S(=O)(=O)NCC2(O)CCCC2)c(C)c1. The minimum absolute atomic E-state index is 0.0993. The summed E-state index contributed by atoms with van der Waals surface area (Å²) < 4.78 is 27.5. The van der Waals surface area contributed by atoms with Crippen molar-refractivity contribution in [1.82, 2.24) is 4.72 Å². The number of aryl methyl sites for hydroxylation is 3. The minimum atomic E-state index is -3.57. The van der Waals surface area contributed by atoms with Gasteiger partial charge >= 0.3 is 0 Å². The Balaban J connectivity index is 2.23. The van der Waals surface area contributed by atoms with Crippen molar-refractivity contribution in [3.63, 3.8) is 0 Å². The quantitative estimate of drug-likeness (QED) is 0.895. The Morgan fingerprint density at radius 1 is 1.15 bits per heavy atom. The van der Waals surface area contributed by atoms with E-state index in [9.17, 15) is 13.5 Å². The van der Waals surface area contributed by atoms with E-state index in [-0.39, 0.29) is 6.54 Å². The van der Waals surface area contributed by atoms with Crippen molar-refractivity contribution >= 4 is 10.0 Å². The van der Waals surface area contributed by atoms with Gasteiger partial charge in [0.1, 0.15) is 0 Å². The van der Waals surface area contributed by atoms with Crippen LogP contribution in [0, 0.1) is 20.8 Å². The molecule has 20 heavy (non-hydrogen) atoms. The first kappa shape index (κ1) is 15.5. The number of hydrogen-bond acceptors (Lipinski definition) is 3. The molecule has 1 aliphatic carbocycles. The van der Waals surface area contributed by atoms with E-state index in [1.807, 2.05) is 19.1 Å². The van der Waals surface area contributed by atoms with Gasteiger partial charge in [-0.1, -0.05) is 30.5 Å². The van der Waals surface area contributed by atoms with Crippen LogP contribution in [0.25, 0.3) is 0 Å². The molecule has 1 aliphatic rings. The molecule has 1 fully saturated rings. The van der Waals surface area contributed by atoms with Crippen LogP contribution in [-0.4, -0.2) is 25.7 Å². The molecule has 1 aromatic carbocycles. The fourth-order valence-corrected chi connectivity index (χ4v) is 4.67. The van der Waals surface area contributed by atoms with Crippen LogP contribution in [0.2, 0.25) is 0 Å². The van der Waals surface area contributed by atoms with Crippen LogP contribution in [0.3, 0.4) is 0 Å². The van der Waals surface area contributed by atoms with Gasteiger partial charge in [-0.25, -0.2) is 13.1 Å². The van der Waals surface area contributed by atoms with Gasteiger partial charge in [0.15, 0.2) is 0 Å². The summed E-state index contributed by atoms with van der Waals surface area (Å²) in [6.07, 6.45) is 3.25. The lowest BCUT2D eigenvalue weighted by Crippen LogP contribution is -2.41. The summed E-state index contributed by atoms with van der Waals surface area (Å²) in [7, 11) is -3.57. The Kier molecular flexibility index (Phi) is 4.23. The first-order valence-electron chi connectivity index (χ1n) is 7.03. The molecule has 0 aromatic heterocycles. The van der Waals surface area contributed by atoms with Gasteiger partial charge in [0.05, 0.1) is 10.5 Å². The highest BCUT2D eigenvalue weighted by atomic mass is 32.2. The summed E-state index contributed by atoms with van der Waals surface area (Å²) in [4.78, 5) is 0.338. The van der Waals surface area contributed by atoms with Gasteiger partial charge in [-0.2, -0.15) is 0 Å². The maximum atomic E-state index is 12.5.